The summed E-state index contributed by atoms with van der Waals surface area (Å²) in [6.07, 6.45) is 2.55. The molecule has 7 nitrogen and oxygen atoms in total. The summed E-state index contributed by atoms with van der Waals surface area (Å²) in [6.45, 7) is 4.22. The van der Waals surface area contributed by atoms with Gasteiger partial charge in [-0.2, -0.15) is 0 Å². The number of carboxylic acid groups (broad SMARTS) is 1. The topological polar surface area (TPSA) is 85.8 Å². The summed E-state index contributed by atoms with van der Waals surface area (Å²) in [4.78, 5) is 31.7. The number of hydrogen-bond acceptors (Lipinski definition) is 4. The van der Waals surface area contributed by atoms with Gasteiger partial charge in [-0.3, -0.25) is 9.69 Å². The Balaban J connectivity index is 1.79. The van der Waals surface area contributed by atoms with Crippen LogP contribution in [0, 0.1) is 5.92 Å². The Hall–Kier alpha value is -2.31. The van der Waals surface area contributed by atoms with Gasteiger partial charge in [-0.15, -0.1) is 0 Å². The third kappa shape index (κ3) is 3.29. The van der Waals surface area contributed by atoms with Crippen LogP contribution in [-0.2, 0) is 11.2 Å². The van der Waals surface area contributed by atoms with Gasteiger partial charge in [0.1, 0.15) is 11.6 Å². The van der Waals surface area contributed by atoms with Crippen LogP contribution in [0.2, 0.25) is 0 Å². The molecule has 2 N–H and O–H groups in total. The molecule has 130 valence electrons. The first-order valence-electron chi connectivity index (χ1n) is 8.63. The van der Waals surface area contributed by atoms with Gasteiger partial charge in [-0.25, -0.2) is 9.78 Å². The lowest BCUT2D eigenvalue weighted by molar-refractivity contribution is -0.122. The standard InChI is InChI=1S/C17H24N4O3/c1-2-9-21(16(22)13-7-10-20(11-13)17(23)24)14-6-5-12-4-3-8-18-15(12)19-14/h5-6,13H,2-4,7-11H2,1H3,(H,18,19)(H,23,24)/t13-/m1/s1. The number of aromatic nitrogens is 1. The molecule has 24 heavy (non-hydrogen) atoms. The lowest BCUT2D eigenvalue weighted by Gasteiger charge is -2.26. The molecule has 2 amide bonds. The fraction of sp³-hybridized carbons (Fsp3) is 0.588. The number of nitrogens with one attached hydrogen (secondary N) is 1. The molecule has 0 saturated carbocycles. The maximum atomic E-state index is 12.9. The number of nitrogens with zero attached hydrogens (tertiary/aromatic N) is 3. The van der Waals surface area contributed by atoms with Crippen LogP contribution in [0.5, 0.6) is 0 Å². The molecule has 0 spiro atoms. The molecule has 1 atom stereocenters. The molecule has 0 aliphatic carbocycles. The number of fused-ring (bicyclic) bond motifs is 1. The Labute approximate surface area is 141 Å². The van der Waals surface area contributed by atoms with Crippen molar-refractivity contribution in [3.63, 3.8) is 0 Å². The molecule has 1 fully saturated rings. The fourth-order valence-corrected chi connectivity index (χ4v) is 3.39. The van der Waals surface area contributed by atoms with Crippen molar-refractivity contribution >= 4 is 23.6 Å². The van der Waals surface area contributed by atoms with Crippen molar-refractivity contribution in [2.24, 2.45) is 5.92 Å². The fourth-order valence-electron chi connectivity index (χ4n) is 3.39. The highest BCUT2D eigenvalue weighted by Crippen LogP contribution is 2.26. The highest BCUT2D eigenvalue weighted by atomic mass is 16.4. The zero-order chi connectivity index (χ0) is 17.1. The van der Waals surface area contributed by atoms with Crippen LogP contribution in [-0.4, -0.2) is 53.2 Å². The van der Waals surface area contributed by atoms with Crippen molar-refractivity contribution in [1.82, 2.24) is 9.88 Å². The van der Waals surface area contributed by atoms with E-state index >= 15 is 0 Å². The van der Waals surface area contributed by atoms with Crippen LogP contribution in [0.25, 0.3) is 0 Å². The van der Waals surface area contributed by atoms with Crippen molar-refractivity contribution in [2.45, 2.75) is 32.6 Å². The molecule has 1 aromatic rings. The number of anilines is 2. The molecule has 0 bridgehead atoms. The first-order valence-corrected chi connectivity index (χ1v) is 8.63. The zero-order valence-corrected chi connectivity index (χ0v) is 14.0. The van der Waals surface area contributed by atoms with Crippen LogP contribution in [0.15, 0.2) is 12.1 Å². The first kappa shape index (κ1) is 16.5. The zero-order valence-electron chi connectivity index (χ0n) is 14.0. The average Bonchev–Trinajstić information content (AvgIpc) is 3.09. The molecule has 3 heterocycles. The summed E-state index contributed by atoms with van der Waals surface area (Å²) in [7, 11) is 0. The molecule has 7 heteroatoms. The molecule has 1 aromatic heterocycles. The maximum absolute atomic E-state index is 12.9. The molecule has 2 aliphatic heterocycles. The molecule has 1 saturated heterocycles. The Kier molecular flexibility index (Phi) is 4.87. The largest absolute Gasteiger partial charge is 0.465 e. The normalized spacial score (nSPS) is 19.5. The monoisotopic (exact) mass is 332 g/mol. The Morgan fingerprint density at radius 2 is 2.29 bits per heavy atom. The van der Waals surface area contributed by atoms with E-state index < -0.39 is 6.09 Å². The molecule has 0 radical (unpaired) electrons. The predicted molar refractivity (Wildman–Crippen MR) is 91.4 cm³/mol. The molecular formula is C17H24N4O3. The van der Waals surface area contributed by atoms with Crippen molar-refractivity contribution < 1.29 is 14.7 Å². The van der Waals surface area contributed by atoms with Crippen LogP contribution in [0.3, 0.4) is 0 Å². The predicted octanol–water partition coefficient (Wildman–Crippen LogP) is 2.18. The number of aryl methyl sites for hydroxylation is 1. The van der Waals surface area contributed by atoms with Crippen LogP contribution in [0.4, 0.5) is 16.4 Å². The second kappa shape index (κ2) is 7.07. The summed E-state index contributed by atoms with van der Waals surface area (Å²) in [5.74, 6) is 1.22. The summed E-state index contributed by atoms with van der Waals surface area (Å²) in [6, 6.07) is 3.95. The number of pyridine rings is 1. The minimum atomic E-state index is -0.955. The van der Waals surface area contributed by atoms with E-state index in [0.29, 0.717) is 25.3 Å². The molecular weight excluding hydrogens is 308 g/mol. The van der Waals surface area contributed by atoms with Gasteiger partial charge in [-0.1, -0.05) is 13.0 Å². The number of carbonyl (C=O) groups excluding carboxylic acids is 1. The average molecular weight is 332 g/mol. The van der Waals surface area contributed by atoms with E-state index in [1.807, 2.05) is 19.1 Å². The van der Waals surface area contributed by atoms with Gasteiger partial charge in [0.2, 0.25) is 5.91 Å². The molecule has 0 aromatic carbocycles. The summed E-state index contributed by atoms with van der Waals surface area (Å²) >= 11 is 0. The number of likely N-dealkylation sites (tertiary alicyclic amines) is 1. The van der Waals surface area contributed by atoms with E-state index in [9.17, 15) is 9.59 Å². The maximum Gasteiger partial charge on any atom is 0.407 e. The van der Waals surface area contributed by atoms with Gasteiger partial charge in [0, 0.05) is 26.2 Å². The molecule has 2 aliphatic rings. The van der Waals surface area contributed by atoms with E-state index in [1.54, 1.807) is 4.90 Å². The van der Waals surface area contributed by atoms with Crippen molar-refractivity contribution in [1.29, 1.82) is 0 Å². The summed E-state index contributed by atoms with van der Waals surface area (Å²) in [5.41, 5.74) is 1.19. The molecule has 3 rings (SSSR count). The molecule has 0 unspecified atom stereocenters. The van der Waals surface area contributed by atoms with E-state index in [-0.39, 0.29) is 18.4 Å². The van der Waals surface area contributed by atoms with E-state index in [0.717, 1.165) is 31.6 Å². The number of carbonyl (C=O) groups is 2. The van der Waals surface area contributed by atoms with Gasteiger partial charge < -0.3 is 15.3 Å². The number of hydrogen-bond donors (Lipinski definition) is 2. The SMILES string of the molecule is CCCN(C(=O)[C@@H]1CCN(C(=O)O)C1)c1ccc2c(n1)NCCC2. The minimum Gasteiger partial charge on any atom is -0.465 e. The number of rotatable bonds is 4. The lowest BCUT2D eigenvalue weighted by atomic mass is 10.1. The Morgan fingerprint density at radius 1 is 1.46 bits per heavy atom. The number of amides is 2. The first-order chi connectivity index (χ1) is 11.6. The third-order valence-corrected chi connectivity index (χ3v) is 4.68. The quantitative estimate of drug-likeness (QED) is 0.883. The smallest absolute Gasteiger partial charge is 0.407 e. The van der Waals surface area contributed by atoms with Gasteiger partial charge in [0.15, 0.2) is 0 Å². The van der Waals surface area contributed by atoms with Gasteiger partial charge in [0.05, 0.1) is 5.92 Å². The van der Waals surface area contributed by atoms with Gasteiger partial charge >= 0.3 is 6.09 Å². The van der Waals surface area contributed by atoms with Crippen LogP contribution in [0.1, 0.15) is 31.7 Å². The van der Waals surface area contributed by atoms with E-state index in [2.05, 4.69) is 10.3 Å². The van der Waals surface area contributed by atoms with E-state index in [4.69, 9.17) is 5.11 Å². The minimum absolute atomic E-state index is 0.0242. The third-order valence-electron chi connectivity index (χ3n) is 4.68. The van der Waals surface area contributed by atoms with E-state index in [1.165, 1.54) is 10.5 Å². The summed E-state index contributed by atoms with van der Waals surface area (Å²) < 4.78 is 0. The van der Waals surface area contributed by atoms with Crippen molar-refractivity contribution in [2.75, 3.05) is 36.4 Å². The van der Waals surface area contributed by atoms with Crippen molar-refractivity contribution in [3.8, 4) is 0 Å². The second-order valence-corrected chi connectivity index (χ2v) is 6.41. The summed E-state index contributed by atoms with van der Waals surface area (Å²) in [5, 5.41) is 12.4. The highest BCUT2D eigenvalue weighted by molar-refractivity contribution is 5.95. The van der Waals surface area contributed by atoms with Gasteiger partial charge in [-0.05, 0) is 37.3 Å². The van der Waals surface area contributed by atoms with Crippen LogP contribution >= 0.6 is 0 Å². The highest BCUT2D eigenvalue weighted by Gasteiger charge is 2.34. The van der Waals surface area contributed by atoms with Gasteiger partial charge in [0.25, 0.3) is 0 Å². The Morgan fingerprint density at radius 3 is 3.00 bits per heavy atom. The lowest BCUT2D eigenvalue weighted by Crippen LogP contribution is -2.39. The Bertz CT molecular complexity index is 634. The second-order valence-electron chi connectivity index (χ2n) is 6.41. The van der Waals surface area contributed by atoms with Crippen molar-refractivity contribution in [3.05, 3.63) is 17.7 Å². The van der Waals surface area contributed by atoms with Crippen LogP contribution < -0.4 is 10.2 Å².